The molecule has 2 amide bonds. The number of fused-ring (bicyclic) bond motifs is 1. The Hall–Kier alpha value is -3.42. The first-order valence-electron chi connectivity index (χ1n) is 12.6. The molecule has 14 heteroatoms. The molecule has 10 nitrogen and oxygen atoms in total. The topological polar surface area (TPSA) is 119 Å². The minimum atomic E-state index is -2.69. The molecular formula is C24H27F3N8O2S. The Morgan fingerprint density at radius 2 is 2.05 bits per heavy atom. The van der Waals surface area contributed by atoms with Crippen LogP contribution < -0.4 is 16.0 Å². The third-order valence-corrected chi connectivity index (χ3v) is 8.53. The van der Waals surface area contributed by atoms with Crippen molar-refractivity contribution in [2.24, 2.45) is 18.9 Å². The van der Waals surface area contributed by atoms with E-state index in [0.29, 0.717) is 47.6 Å². The van der Waals surface area contributed by atoms with Crippen LogP contribution in [0.5, 0.6) is 0 Å². The summed E-state index contributed by atoms with van der Waals surface area (Å²) in [6.45, 7) is 0.584. The van der Waals surface area contributed by atoms with Gasteiger partial charge in [0.1, 0.15) is 29.0 Å². The van der Waals surface area contributed by atoms with Gasteiger partial charge in [0.25, 0.3) is 12.3 Å². The van der Waals surface area contributed by atoms with Crippen LogP contribution in [0.2, 0.25) is 0 Å². The average Bonchev–Trinajstić information content (AvgIpc) is 3.72. The van der Waals surface area contributed by atoms with Gasteiger partial charge in [-0.05, 0) is 50.0 Å². The van der Waals surface area contributed by atoms with Gasteiger partial charge in [-0.1, -0.05) is 0 Å². The van der Waals surface area contributed by atoms with Gasteiger partial charge in [-0.25, -0.2) is 13.2 Å². The number of carbonyl (C=O) groups is 2. The molecular weight excluding hydrogens is 521 g/mol. The molecule has 0 aliphatic heterocycles. The summed E-state index contributed by atoms with van der Waals surface area (Å²) in [5, 5.41) is 21.3. The van der Waals surface area contributed by atoms with Crippen LogP contribution in [-0.2, 0) is 24.7 Å². The number of hydrogen-bond acceptors (Lipinski definition) is 7. The lowest BCUT2D eigenvalue weighted by Crippen LogP contribution is -2.29. The fourth-order valence-electron chi connectivity index (χ4n) is 4.85. The van der Waals surface area contributed by atoms with Crippen molar-refractivity contribution in [2.45, 2.75) is 57.2 Å². The molecule has 0 aromatic carbocycles. The lowest BCUT2D eigenvalue weighted by Gasteiger charge is -2.25. The lowest BCUT2D eigenvalue weighted by atomic mass is 9.91. The highest BCUT2D eigenvalue weighted by atomic mass is 32.1. The number of nitrogens with zero attached hydrogens (tertiary/aromatic N) is 5. The zero-order chi connectivity index (χ0) is 26.6. The minimum absolute atomic E-state index is 0.116. The zero-order valence-corrected chi connectivity index (χ0v) is 21.4. The van der Waals surface area contributed by atoms with E-state index in [2.05, 4.69) is 31.2 Å². The largest absolute Gasteiger partial charge is 0.352 e. The number of carbonyl (C=O) groups excluding carboxylic acids is 2. The fraction of sp³-hybridized carbons (Fsp3) is 0.542. The molecule has 3 N–H and O–H groups in total. The molecule has 6 rings (SSSR count). The van der Waals surface area contributed by atoms with Crippen molar-refractivity contribution >= 4 is 39.9 Å². The molecule has 2 fully saturated rings. The molecule has 0 spiro atoms. The van der Waals surface area contributed by atoms with Crippen LogP contribution in [0.3, 0.4) is 0 Å². The van der Waals surface area contributed by atoms with Gasteiger partial charge in [0, 0.05) is 30.6 Å². The number of aromatic nitrogens is 5. The quantitative estimate of drug-likeness (QED) is 0.373. The van der Waals surface area contributed by atoms with E-state index in [4.69, 9.17) is 0 Å². The Morgan fingerprint density at radius 3 is 2.74 bits per heavy atom. The van der Waals surface area contributed by atoms with E-state index in [9.17, 15) is 22.8 Å². The summed E-state index contributed by atoms with van der Waals surface area (Å²) in [6, 6.07) is 1.15. The van der Waals surface area contributed by atoms with E-state index in [-0.39, 0.29) is 24.1 Å². The van der Waals surface area contributed by atoms with Crippen LogP contribution in [0.15, 0.2) is 12.4 Å². The summed E-state index contributed by atoms with van der Waals surface area (Å²) >= 11 is 1.37. The highest BCUT2D eigenvalue weighted by molar-refractivity contribution is 7.17. The lowest BCUT2D eigenvalue weighted by molar-refractivity contribution is -0.117. The SMILES string of the molecule is Cn1nc(C(F)F)cc1Nc1nncn1[C@H]1CCc2sc(NC(=O)[C@@H]3C[C@@H]3F)c(C(=O)NCC3CC3)c2C1. The molecule has 0 bridgehead atoms. The minimum Gasteiger partial charge on any atom is -0.352 e. The number of alkyl halides is 3. The molecule has 3 aromatic rings. The molecule has 2 saturated carbocycles. The maximum atomic E-state index is 13.5. The van der Waals surface area contributed by atoms with E-state index >= 15 is 0 Å². The van der Waals surface area contributed by atoms with E-state index in [1.165, 1.54) is 22.1 Å². The first kappa shape index (κ1) is 24.9. The van der Waals surface area contributed by atoms with E-state index < -0.39 is 24.4 Å². The number of halogens is 3. The summed E-state index contributed by atoms with van der Waals surface area (Å²) in [5.74, 6) is -0.0943. The number of nitrogens with one attached hydrogen (secondary N) is 3. The number of anilines is 3. The molecule has 3 atom stereocenters. The predicted octanol–water partition coefficient (Wildman–Crippen LogP) is 3.92. The number of amides is 2. The van der Waals surface area contributed by atoms with Crippen molar-refractivity contribution in [2.75, 3.05) is 17.2 Å². The predicted molar refractivity (Wildman–Crippen MR) is 134 cm³/mol. The van der Waals surface area contributed by atoms with E-state index in [1.54, 1.807) is 13.4 Å². The molecule has 38 heavy (non-hydrogen) atoms. The van der Waals surface area contributed by atoms with Crippen LogP contribution in [0.25, 0.3) is 0 Å². The van der Waals surface area contributed by atoms with Crippen molar-refractivity contribution in [3.63, 3.8) is 0 Å². The van der Waals surface area contributed by atoms with Crippen LogP contribution in [0, 0.1) is 11.8 Å². The van der Waals surface area contributed by atoms with Crippen molar-refractivity contribution in [3.05, 3.63) is 34.1 Å². The Kier molecular flexibility index (Phi) is 6.36. The zero-order valence-electron chi connectivity index (χ0n) is 20.6. The Morgan fingerprint density at radius 1 is 1.26 bits per heavy atom. The fourth-order valence-corrected chi connectivity index (χ4v) is 6.09. The van der Waals surface area contributed by atoms with Crippen LogP contribution >= 0.6 is 11.3 Å². The molecule has 0 radical (unpaired) electrons. The third kappa shape index (κ3) is 4.88. The molecule has 0 saturated heterocycles. The molecule has 3 aliphatic rings. The summed E-state index contributed by atoms with van der Waals surface area (Å²) in [4.78, 5) is 26.9. The van der Waals surface area contributed by atoms with Gasteiger partial charge in [0.05, 0.1) is 11.5 Å². The monoisotopic (exact) mass is 548 g/mol. The summed E-state index contributed by atoms with van der Waals surface area (Å²) in [7, 11) is 1.56. The number of aryl methyl sites for hydroxylation is 2. The maximum absolute atomic E-state index is 13.5. The van der Waals surface area contributed by atoms with Gasteiger partial charge in [-0.15, -0.1) is 21.5 Å². The van der Waals surface area contributed by atoms with Crippen LogP contribution in [-0.4, -0.2) is 49.1 Å². The normalized spacial score (nSPS) is 22.3. The molecule has 3 heterocycles. The van der Waals surface area contributed by atoms with Crippen molar-refractivity contribution in [1.82, 2.24) is 29.9 Å². The number of thiophene rings is 1. The number of hydrogen-bond donors (Lipinski definition) is 3. The highest BCUT2D eigenvalue weighted by Gasteiger charge is 2.44. The van der Waals surface area contributed by atoms with Gasteiger partial charge < -0.3 is 16.0 Å². The highest BCUT2D eigenvalue weighted by Crippen LogP contribution is 2.43. The molecule has 3 aromatic heterocycles. The molecule has 0 unspecified atom stereocenters. The molecule has 202 valence electrons. The number of rotatable bonds is 9. The van der Waals surface area contributed by atoms with Gasteiger partial charge in [0.2, 0.25) is 11.9 Å². The first-order chi connectivity index (χ1) is 18.3. The van der Waals surface area contributed by atoms with Crippen molar-refractivity contribution in [3.8, 4) is 0 Å². The Labute approximate surface area is 220 Å². The average molecular weight is 549 g/mol. The second kappa shape index (κ2) is 9.71. The summed E-state index contributed by atoms with van der Waals surface area (Å²) in [6.07, 6.45) is 2.01. The summed E-state index contributed by atoms with van der Waals surface area (Å²) in [5.41, 5.74) is 0.946. The van der Waals surface area contributed by atoms with Crippen LogP contribution in [0.1, 0.15) is 64.6 Å². The van der Waals surface area contributed by atoms with E-state index in [1.807, 2.05) is 4.57 Å². The molecule has 3 aliphatic carbocycles. The van der Waals surface area contributed by atoms with Gasteiger partial charge in [0.15, 0.2) is 0 Å². The smallest absolute Gasteiger partial charge is 0.282 e. The van der Waals surface area contributed by atoms with Crippen molar-refractivity contribution < 1.29 is 22.8 Å². The Bertz CT molecular complexity index is 1380. The van der Waals surface area contributed by atoms with Crippen LogP contribution in [0.4, 0.5) is 29.9 Å². The van der Waals surface area contributed by atoms with Gasteiger partial charge in [-0.3, -0.25) is 18.8 Å². The third-order valence-electron chi connectivity index (χ3n) is 7.33. The maximum Gasteiger partial charge on any atom is 0.282 e. The van der Waals surface area contributed by atoms with E-state index in [0.717, 1.165) is 29.7 Å². The second-order valence-corrected chi connectivity index (χ2v) is 11.3. The van der Waals surface area contributed by atoms with Gasteiger partial charge in [-0.2, -0.15) is 5.10 Å². The Balaban J connectivity index is 1.26. The van der Waals surface area contributed by atoms with Gasteiger partial charge >= 0.3 is 0 Å². The second-order valence-electron chi connectivity index (χ2n) is 10.2. The first-order valence-corrected chi connectivity index (χ1v) is 13.5. The van der Waals surface area contributed by atoms with Crippen molar-refractivity contribution in [1.29, 1.82) is 0 Å². The standard InChI is InChI=1S/C24H27F3N8O2S/c1-34-18(8-16(33-34)20(26)27)30-24-32-29-10-35(24)12-4-5-17-14(6-12)19(22(37)28-9-11-2-3-11)23(38-17)31-21(36)13-7-15(13)25/h8,10-13,15,20H,2-7,9H2,1H3,(H,28,37)(H,30,32)(H,31,36)/t12-,13+,15-/m0/s1. The summed E-state index contributed by atoms with van der Waals surface area (Å²) < 4.78 is 42.8.